The molecule has 182 valence electrons. The van der Waals surface area contributed by atoms with Crippen molar-refractivity contribution >= 4 is 22.3 Å². The molecular formula is C36H32Zr-2. The Morgan fingerprint density at radius 1 is 0.432 bits per heavy atom. The molecule has 0 spiro atoms. The molecule has 4 aromatic carbocycles. The number of rotatable bonds is 6. The summed E-state index contributed by atoms with van der Waals surface area (Å²) in [6, 6.07) is 44.1. The maximum atomic E-state index is 2.38. The molecule has 1 heteroatoms. The average Bonchev–Trinajstić information content (AvgIpc) is 3.47. The molecule has 0 atom stereocenters. The van der Waals surface area contributed by atoms with E-state index in [2.05, 4.69) is 135 Å². The van der Waals surface area contributed by atoms with Crippen molar-refractivity contribution in [1.82, 2.24) is 0 Å². The van der Waals surface area contributed by atoms with Crippen LogP contribution in [0.2, 0.25) is 0 Å². The van der Waals surface area contributed by atoms with Crippen LogP contribution in [0, 0.1) is 0 Å². The van der Waals surface area contributed by atoms with Gasteiger partial charge in [-0.05, 0) is 0 Å². The molecule has 2 aliphatic carbocycles. The zero-order valence-electron chi connectivity index (χ0n) is 23.5. The van der Waals surface area contributed by atoms with E-state index in [-0.39, 0.29) is 2.85 Å². The molecule has 6 rings (SSSR count). The third-order valence-electron chi connectivity index (χ3n) is 7.64. The van der Waals surface area contributed by atoms with E-state index in [0.29, 0.717) is 0 Å². The van der Waals surface area contributed by atoms with Gasteiger partial charge in [-0.3, -0.25) is 0 Å². The van der Waals surface area contributed by atoms with Crippen molar-refractivity contribution in [2.45, 2.75) is 26.7 Å². The molecule has 0 fully saturated rings. The van der Waals surface area contributed by atoms with E-state index in [0.717, 1.165) is 12.8 Å². The second kappa shape index (κ2) is 10.6. The van der Waals surface area contributed by atoms with Gasteiger partial charge in [0.25, 0.3) is 0 Å². The van der Waals surface area contributed by atoms with Gasteiger partial charge in [-0.25, -0.2) is 0 Å². The van der Waals surface area contributed by atoms with Crippen LogP contribution in [0.5, 0.6) is 0 Å². The molecule has 0 aromatic heterocycles. The summed E-state index contributed by atoms with van der Waals surface area (Å²) in [6.45, 7) is 4.76. The Bertz CT molecular complexity index is 1440. The van der Waals surface area contributed by atoms with Gasteiger partial charge < -0.3 is 2.85 Å². The predicted octanol–water partition coefficient (Wildman–Crippen LogP) is 9.87. The third kappa shape index (κ3) is 4.74. The van der Waals surface area contributed by atoms with Crippen LogP contribution in [0.4, 0.5) is 0 Å². The Hall–Kier alpha value is -3.28. The number of allylic oxidation sites excluding steroid dienone is 8. The van der Waals surface area contributed by atoms with Gasteiger partial charge >= 0.3 is 234 Å². The fourth-order valence-electron chi connectivity index (χ4n) is 5.77. The Balaban J connectivity index is 0.00000176. The molecule has 2 aliphatic rings. The molecule has 0 aliphatic heterocycles. The van der Waals surface area contributed by atoms with Gasteiger partial charge in [0.1, 0.15) is 0 Å². The zero-order valence-corrected chi connectivity index (χ0v) is 23.9. The third-order valence-corrected chi connectivity index (χ3v) is 11.8. The summed E-state index contributed by atoms with van der Waals surface area (Å²) >= 11 is -0.966. The maximum Gasteiger partial charge on any atom is -1.00 e. The summed E-state index contributed by atoms with van der Waals surface area (Å²) < 4.78 is 3.44. The van der Waals surface area contributed by atoms with Crippen molar-refractivity contribution in [3.63, 3.8) is 0 Å². The van der Waals surface area contributed by atoms with Gasteiger partial charge in [-0.2, -0.15) is 0 Å². The standard InChI is InChI=1S/2C18H15.Zr.2H/c2*1-14-12-13-17(15-8-4-2-5-9-15)18(14)16-10-6-3-7-11-16;;;/h2*2-11H,13H2,1H3;;;/q;;;2*-1. The monoisotopic (exact) mass is 554 g/mol. The zero-order chi connectivity index (χ0) is 25.2. The molecule has 0 bridgehead atoms. The maximum absolute atomic E-state index is 2.38. The molecule has 0 radical (unpaired) electrons. The number of hydrogen-bond donors (Lipinski definition) is 0. The molecule has 0 saturated carbocycles. The fourth-order valence-corrected chi connectivity index (χ4v) is 9.51. The first-order valence-electron chi connectivity index (χ1n) is 13.1. The molecule has 0 saturated heterocycles. The summed E-state index contributed by atoms with van der Waals surface area (Å²) in [5, 5.41) is 0. The molecular weight excluding hydrogens is 524 g/mol. The van der Waals surface area contributed by atoms with Crippen molar-refractivity contribution in [3.05, 3.63) is 161 Å². The number of benzene rings is 4. The summed E-state index contributed by atoms with van der Waals surface area (Å²) in [6.07, 6.45) is 2.18. The minimum Gasteiger partial charge on any atom is -1.00 e. The Labute approximate surface area is 235 Å². The second-order valence-electron chi connectivity index (χ2n) is 9.86. The van der Waals surface area contributed by atoms with Crippen LogP contribution in [0.3, 0.4) is 0 Å². The Morgan fingerprint density at radius 2 is 0.730 bits per heavy atom. The topological polar surface area (TPSA) is 0 Å². The van der Waals surface area contributed by atoms with Crippen LogP contribution >= 0.6 is 0 Å². The SMILES string of the molecule is CC1=[C]([Zr][C]2=C(C)C(c3ccccc3)=C(c3ccccc3)C2)CC(c2ccccc2)=C1c1ccccc1.[H-].[H-]. The van der Waals surface area contributed by atoms with Crippen LogP contribution in [0.1, 0.15) is 51.8 Å². The average molecular weight is 556 g/mol. The Morgan fingerprint density at radius 3 is 1.05 bits per heavy atom. The summed E-state index contributed by atoms with van der Waals surface area (Å²) in [5.74, 6) is 0. The summed E-state index contributed by atoms with van der Waals surface area (Å²) in [4.78, 5) is 0. The first-order chi connectivity index (χ1) is 18.2. The van der Waals surface area contributed by atoms with Gasteiger partial charge in [-0.15, -0.1) is 0 Å². The molecule has 0 N–H and O–H groups in total. The van der Waals surface area contributed by atoms with Gasteiger partial charge in [0.05, 0.1) is 0 Å². The molecule has 0 unspecified atom stereocenters. The van der Waals surface area contributed by atoms with E-state index in [4.69, 9.17) is 0 Å². The van der Waals surface area contributed by atoms with E-state index >= 15 is 0 Å². The second-order valence-corrected chi connectivity index (χ2v) is 13.4. The van der Waals surface area contributed by atoms with Crippen LogP contribution in [-0.2, 0) is 23.2 Å². The molecule has 4 aromatic rings. The first-order valence-corrected chi connectivity index (χ1v) is 15.5. The van der Waals surface area contributed by atoms with Gasteiger partial charge in [-0.1, -0.05) is 0 Å². The number of hydrogen-bond acceptors (Lipinski definition) is 0. The largest absolute Gasteiger partial charge is 1.00 e. The molecule has 0 heterocycles. The van der Waals surface area contributed by atoms with E-state index in [1.807, 2.05) is 0 Å². The smallest absolute Gasteiger partial charge is 1.00 e. The van der Waals surface area contributed by atoms with Crippen LogP contribution in [0.25, 0.3) is 22.3 Å². The van der Waals surface area contributed by atoms with Crippen LogP contribution < -0.4 is 0 Å². The summed E-state index contributed by atoms with van der Waals surface area (Å²) in [5.41, 5.74) is 14.4. The van der Waals surface area contributed by atoms with Crippen molar-refractivity contribution in [2.24, 2.45) is 0 Å². The van der Waals surface area contributed by atoms with Crippen molar-refractivity contribution < 1.29 is 26.1 Å². The minimum absolute atomic E-state index is 0. The van der Waals surface area contributed by atoms with Crippen molar-refractivity contribution in [1.29, 1.82) is 0 Å². The van der Waals surface area contributed by atoms with E-state index in [1.165, 1.54) is 55.7 Å². The van der Waals surface area contributed by atoms with Crippen molar-refractivity contribution in [2.75, 3.05) is 0 Å². The quantitative estimate of drug-likeness (QED) is 0.222. The summed E-state index contributed by atoms with van der Waals surface area (Å²) in [7, 11) is 0. The van der Waals surface area contributed by atoms with E-state index in [1.54, 1.807) is 6.56 Å². The van der Waals surface area contributed by atoms with Gasteiger partial charge in [0, 0.05) is 0 Å². The molecule has 0 nitrogen and oxygen atoms in total. The normalized spacial score (nSPS) is 15.7. The van der Waals surface area contributed by atoms with Crippen LogP contribution in [0.15, 0.2) is 139 Å². The van der Waals surface area contributed by atoms with Gasteiger partial charge in [0.2, 0.25) is 0 Å². The van der Waals surface area contributed by atoms with Crippen molar-refractivity contribution in [3.8, 4) is 0 Å². The Kier molecular flexibility index (Phi) is 6.90. The van der Waals surface area contributed by atoms with E-state index in [9.17, 15) is 0 Å². The molecule has 0 amide bonds. The van der Waals surface area contributed by atoms with Gasteiger partial charge in [0.15, 0.2) is 0 Å². The van der Waals surface area contributed by atoms with E-state index < -0.39 is 23.2 Å². The van der Waals surface area contributed by atoms with Crippen LogP contribution in [-0.4, -0.2) is 0 Å². The predicted molar refractivity (Wildman–Crippen MR) is 156 cm³/mol. The minimum atomic E-state index is -0.966. The molecule has 37 heavy (non-hydrogen) atoms. The fraction of sp³-hybridized carbons (Fsp3) is 0.111. The first kappa shape index (κ1) is 24.1.